The van der Waals surface area contributed by atoms with Gasteiger partial charge in [-0.3, -0.25) is 9.69 Å². The molecule has 2 aromatic rings. The average Bonchev–Trinajstić information content (AvgIpc) is 2.49. The third kappa shape index (κ3) is 5.35. The molecule has 0 heterocycles. The van der Waals surface area contributed by atoms with E-state index < -0.39 is 11.7 Å². The number of para-hydroxylation sites is 1. The van der Waals surface area contributed by atoms with Gasteiger partial charge in [0.2, 0.25) is 5.91 Å². The molecule has 128 valence electrons. The molecule has 2 aromatic carbocycles. The number of anilines is 1. The van der Waals surface area contributed by atoms with Crippen LogP contribution in [0.2, 0.25) is 0 Å². The highest BCUT2D eigenvalue weighted by molar-refractivity contribution is 9.10. The normalized spacial score (nSPS) is 11.6. The summed E-state index contributed by atoms with van der Waals surface area (Å²) < 4.78 is 38.4. The predicted octanol–water partition coefficient (Wildman–Crippen LogP) is 4.54. The van der Waals surface area contributed by atoms with Gasteiger partial charge in [0, 0.05) is 11.0 Å². The zero-order valence-electron chi connectivity index (χ0n) is 12.9. The fourth-order valence-corrected chi connectivity index (χ4v) is 2.55. The summed E-state index contributed by atoms with van der Waals surface area (Å²) in [6, 6.07) is 12.2. The zero-order valence-corrected chi connectivity index (χ0v) is 14.5. The number of benzene rings is 2. The first-order chi connectivity index (χ1) is 11.3. The number of nitrogens with zero attached hydrogens (tertiary/aromatic N) is 1. The Morgan fingerprint density at radius 2 is 1.75 bits per heavy atom. The maximum Gasteiger partial charge on any atom is 0.416 e. The summed E-state index contributed by atoms with van der Waals surface area (Å²) in [6.07, 6.45) is -4.34. The van der Waals surface area contributed by atoms with Gasteiger partial charge in [-0.05, 0) is 52.8 Å². The zero-order chi connectivity index (χ0) is 17.7. The van der Waals surface area contributed by atoms with Crippen LogP contribution in [-0.4, -0.2) is 24.4 Å². The Labute approximate surface area is 146 Å². The first-order valence-electron chi connectivity index (χ1n) is 7.15. The number of amides is 1. The van der Waals surface area contributed by atoms with Gasteiger partial charge in [0.15, 0.2) is 0 Å². The van der Waals surface area contributed by atoms with Gasteiger partial charge in [0.05, 0.1) is 17.8 Å². The molecule has 1 amide bonds. The molecule has 0 spiro atoms. The monoisotopic (exact) mass is 400 g/mol. The molecule has 0 aromatic heterocycles. The van der Waals surface area contributed by atoms with Gasteiger partial charge in [-0.2, -0.15) is 13.2 Å². The summed E-state index contributed by atoms with van der Waals surface area (Å²) >= 11 is 3.35. The third-order valence-electron chi connectivity index (χ3n) is 3.30. The highest BCUT2D eigenvalue weighted by Gasteiger charge is 2.29. The van der Waals surface area contributed by atoms with Crippen molar-refractivity contribution in [3.8, 4) is 0 Å². The van der Waals surface area contributed by atoms with Crippen molar-refractivity contribution in [2.45, 2.75) is 12.7 Å². The van der Waals surface area contributed by atoms with E-state index in [0.29, 0.717) is 17.8 Å². The number of alkyl halides is 3. The van der Waals surface area contributed by atoms with Crippen molar-refractivity contribution in [1.82, 2.24) is 4.90 Å². The molecule has 1 N–H and O–H groups in total. The van der Waals surface area contributed by atoms with Gasteiger partial charge in [-0.15, -0.1) is 0 Å². The van der Waals surface area contributed by atoms with Crippen LogP contribution in [0.5, 0.6) is 0 Å². The Hall–Kier alpha value is -1.86. The lowest BCUT2D eigenvalue weighted by atomic mass is 10.1. The molecule has 0 aliphatic heterocycles. The summed E-state index contributed by atoms with van der Waals surface area (Å²) in [5.74, 6) is -0.198. The lowest BCUT2D eigenvalue weighted by Gasteiger charge is -2.17. The van der Waals surface area contributed by atoms with Crippen LogP contribution in [0.4, 0.5) is 18.9 Å². The second-order valence-corrected chi connectivity index (χ2v) is 6.25. The van der Waals surface area contributed by atoms with Gasteiger partial charge in [-0.25, -0.2) is 0 Å². The Morgan fingerprint density at radius 1 is 1.12 bits per heavy atom. The number of likely N-dealkylation sites (N-methyl/N-ethyl adjacent to an activating group) is 1. The molecule has 0 fully saturated rings. The van der Waals surface area contributed by atoms with Crippen molar-refractivity contribution in [2.75, 3.05) is 18.9 Å². The Balaban J connectivity index is 1.90. The topological polar surface area (TPSA) is 32.3 Å². The number of rotatable bonds is 5. The molecule has 3 nitrogen and oxygen atoms in total. The van der Waals surface area contributed by atoms with Crippen molar-refractivity contribution in [3.05, 3.63) is 64.1 Å². The van der Waals surface area contributed by atoms with Crippen LogP contribution in [0.15, 0.2) is 53.0 Å². The second-order valence-electron chi connectivity index (χ2n) is 5.39. The molecule has 24 heavy (non-hydrogen) atoms. The molecular formula is C17H16BrF3N2O. The minimum absolute atomic E-state index is 0.127. The number of carbonyl (C=O) groups excluding carboxylic acids is 1. The van der Waals surface area contributed by atoms with Crippen molar-refractivity contribution in [3.63, 3.8) is 0 Å². The van der Waals surface area contributed by atoms with Crippen LogP contribution in [0.1, 0.15) is 11.1 Å². The average molecular weight is 401 g/mol. The molecule has 0 bridgehead atoms. The standard InChI is InChI=1S/C17H16BrF3N2O/c1-23(10-12-6-8-13(9-7-12)17(19,20)21)11-16(24)22-15-5-3-2-4-14(15)18/h2-9H,10-11H2,1H3,(H,22,24). The maximum absolute atomic E-state index is 12.5. The number of hydrogen-bond acceptors (Lipinski definition) is 2. The molecule has 0 radical (unpaired) electrons. The highest BCUT2D eigenvalue weighted by atomic mass is 79.9. The van der Waals surface area contributed by atoms with Gasteiger partial charge < -0.3 is 5.32 Å². The van der Waals surface area contributed by atoms with E-state index in [9.17, 15) is 18.0 Å². The van der Waals surface area contributed by atoms with E-state index in [1.807, 2.05) is 18.2 Å². The van der Waals surface area contributed by atoms with E-state index in [0.717, 1.165) is 16.6 Å². The molecule has 0 atom stereocenters. The largest absolute Gasteiger partial charge is 0.416 e. The number of hydrogen-bond donors (Lipinski definition) is 1. The first kappa shape index (κ1) is 18.5. The molecule has 0 aliphatic rings. The van der Waals surface area contributed by atoms with Crippen LogP contribution in [0, 0.1) is 0 Å². The van der Waals surface area contributed by atoms with Gasteiger partial charge in [0.1, 0.15) is 0 Å². The Kier molecular flexibility index (Phi) is 6.01. The van der Waals surface area contributed by atoms with Crippen LogP contribution in [0.25, 0.3) is 0 Å². The molecule has 0 aliphatic carbocycles. The first-order valence-corrected chi connectivity index (χ1v) is 7.94. The summed E-state index contributed by atoms with van der Waals surface area (Å²) in [4.78, 5) is 13.8. The smallest absolute Gasteiger partial charge is 0.324 e. The molecule has 0 saturated carbocycles. The van der Waals surface area contributed by atoms with E-state index in [4.69, 9.17) is 0 Å². The number of nitrogens with one attached hydrogen (secondary N) is 1. The van der Waals surface area contributed by atoms with Crippen molar-refractivity contribution < 1.29 is 18.0 Å². The molecule has 7 heteroatoms. The molecular weight excluding hydrogens is 385 g/mol. The fraction of sp³-hybridized carbons (Fsp3) is 0.235. The van der Waals surface area contributed by atoms with Crippen LogP contribution in [-0.2, 0) is 17.5 Å². The minimum Gasteiger partial charge on any atom is -0.324 e. The van der Waals surface area contributed by atoms with Crippen molar-refractivity contribution in [1.29, 1.82) is 0 Å². The third-order valence-corrected chi connectivity index (χ3v) is 3.99. The van der Waals surface area contributed by atoms with Gasteiger partial charge in [0.25, 0.3) is 0 Å². The summed E-state index contributed by atoms with van der Waals surface area (Å²) in [5.41, 5.74) is 0.699. The summed E-state index contributed by atoms with van der Waals surface area (Å²) in [5, 5.41) is 2.78. The number of carbonyl (C=O) groups is 1. The summed E-state index contributed by atoms with van der Waals surface area (Å²) in [6.45, 7) is 0.504. The Bertz CT molecular complexity index is 702. The van der Waals surface area contributed by atoms with Crippen LogP contribution < -0.4 is 5.32 Å². The summed E-state index contributed by atoms with van der Waals surface area (Å²) in [7, 11) is 1.73. The fourth-order valence-electron chi connectivity index (χ4n) is 2.16. The number of halogens is 4. The lowest BCUT2D eigenvalue weighted by Crippen LogP contribution is -2.29. The van der Waals surface area contributed by atoms with E-state index in [1.165, 1.54) is 12.1 Å². The minimum atomic E-state index is -4.34. The predicted molar refractivity (Wildman–Crippen MR) is 90.5 cm³/mol. The highest BCUT2D eigenvalue weighted by Crippen LogP contribution is 2.29. The SMILES string of the molecule is CN(CC(=O)Nc1ccccc1Br)Cc1ccc(C(F)(F)F)cc1. The van der Waals surface area contributed by atoms with Gasteiger partial charge >= 0.3 is 6.18 Å². The molecule has 0 saturated heterocycles. The van der Waals surface area contributed by atoms with Crippen LogP contribution in [0.3, 0.4) is 0 Å². The van der Waals surface area contributed by atoms with E-state index in [-0.39, 0.29) is 12.5 Å². The lowest BCUT2D eigenvalue weighted by molar-refractivity contribution is -0.137. The van der Waals surface area contributed by atoms with E-state index >= 15 is 0 Å². The molecule has 2 rings (SSSR count). The van der Waals surface area contributed by atoms with Crippen molar-refractivity contribution in [2.24, 2.45) is 0 Å². The molecule has 0 unspecified atom stereocenters. The second kappa shape index (κ2) is 7.81. The maximum atomic E-state index is 12.5. The van der Waals surface area contributed by atoms with E-state index in [1.54, 1.807) is 18.0 Å². The quantitative estimate of drug-likeness (QED) is 0.798. The van der Waals surface area contributed by atoms with Gasteiger partial charge in [-0.1, -0.05) is 24.3 Å². The Morgan fingerprint density at radius 3 is 2.33 bits per heavy atom. The van der Waals surface area contributed by atoms with Crippen molar-refractivity contribution >= 4 is 27.5 Å². The van der Waals surface area contributed by atoms with Crippen LogP contribution >= 0.6 is 15.9 Å². The van der Waals surface area contributed by atoms with E-state index in [2.05, 4.69) is 21.2 Å².